The van der Waals surface area contributed by atoms with Gasteiger partial charge >= 0.3 is 12.4 Å². The minimum Gasteiger partial charge on any atom is -0.267 e. The largest absolute Gasteiger partial charge is 0.421 e. The molecule has 0 aliphatic carbocycles. The predicted molar refractivity (Wildman–Crippen MR) is 77.1 cm³/mol. The summed E-state index contributed by atoms with van der Waals surface area (Å²) in [7, 11) is 0. The highest BCUT2D eigenvalue weighted by molar-refractivity contribution is 9.08. The number of nitrogens with zero attached hydrogens (tertiary/aromatic N) is 2. The predicted octanol–water partition coefficient (Wildman–Crippen LogP) is 2.78. The van der Waals surface area contributed by atoms with Crippen molar-refractivity contribution in [1.29, 1.82) is 0 Å². The van der Waals surface area contributed by atoms with Gasteiger partial charge in [0.2, 0.25) is 0 Å². The van der Waals surface area contributed by atoms with Crippen molar-refractivity contribution >= 4 is 15.9 Å². The zero-order chi connectivity index (χ0) is 19.4. The van der Waals surface area contributed by atoms with E-state index in [-0.39, 0.29) is 16.7 Å². The molecule has 0 unspecified atom stereocenters. The topological polar surface area (TPSA) is 91.5 Å². The lowest BCUT2D eigenvalue weighted by molar-refractivity contribution is -0.139. The summed E-state index contributed by atoms with van der Waals surface area (Å²) in [6, 6.07) is 1.42. The highest BCUT2D eigenvalue weighted by atomic mass is 79.9. The Morgan fingerprint density at radius 3 is 1.76 bits per heavy atom. The van der Waals surface area contributed by atoms with E-state index in [4.69, 9.17) is 0 Å². The molecule has 6 nitrogen and oxygen atoms in total. The van der Waals surface area contributed by atoms with Gasteiger partial charge in [-0.05, 0) is 19.1 Å². The third-order valence-corrected chi connectivity index (χ3v) is 3.11. The lowest BCUT2D eigenvalue weighted by Gasteiger charge is -2.04. The molecule has 25 heavy (non-hydrogen) atoms. The lowest BCUT2D eigenvalue weighted by atomic mass is 10.2. The molecule has 0 radical (unpaired) electrons. The molecule has 2 aromatic rings. The second kappa shape index (κ2) is 7.80. The lowest BCUT2D eigenvalue weighted by Crippen LogP contribution is -2.22. The first-order chi connectivity index (χ1) is 11.4. The molecule has 2 aromatic heterocycles. The maximum absolute atomic E-state index is 12.1. The quantitative estimate of drug-likeness (QED) is 0.533. The van der Waals surface area contributed by atoms with Crippen LogP contribution in [0.25, 0.3) is 0 Å². The van der Waals surface area contributed by atoms with Gasteiger partial charge in [0.1, 0.15) is 11.1 Å². The van der Waals surface area contributed by atoms with Crippen LogP contribution in [0.5, 0.6) is 0 Å². The number of alkyl halides is 7. The zero-order valence-corrected chi connectivity index (χ0v) is 13.8. The molecular weight excluding hydrogens is 426 g/mol. The number of hydrogen-bond acceptors (Lipinski definition) is 4. The molecule has 13 heteroatoms. The standard InChI is InChI=1S/C6H4BrF3N2O.C6H5F3N2O/c7-2-3-1-4(6(8,9)10)5(13)12-11-3;1-3-2-4(6(7,8)9)5(12)11-10-3/h1H,2H2,(H,12,13);2H,1H3,(H,11,12). The van der Waals surface area contributed by atoms with Crippen LogP contribution in [0.4, 0.5) is 26.3 Å². The Morgan fingerprint density at radius 1 is 0.920 bits per heavy atom. The second-order valence-corrected chi connectivity index (χ2v) is 5.04. The van der Waals surface area contributed by atoms with Gasteiger partial charge in [-0.15, -0.1) is 0 Å². The van der Waals surface area contributed by atoms with Gasteiger partial charge in [0, 0.05) is 5.33 Å². The molecule has 0 saturated heterocycles. The number of nitrogens with one attached hydrogen (secondary N) is 2. The van der Waals surface area contributed by atoms with Crippen LogP contribution in [0.15, 0.2) is 21.7 Å². The Hall–Kier alpha value is -2.18. The summed E-state index contributed by atoms with van der Waals surface area (Å²) in [6.45, 7) is 1.37. The van der Waals surface area contributed by atoms with Crippen molar-refractivity contribution in [3.05, 3.63) is 55.4 Å². The van der Waals surface area contributed by atoms with Gasteiger partial charge in [-0.3, -0.25) is 9.59 Å². The number of aryl methyl sites for hydroxylation is 1. The SMILES string of the molecule is Cc1cc(C(F)(F)F)c(=O)[nH]n1.O=c1[nH]nc(CBr)cc1C(F)(F)F. The molecule has 138 valence electrons. The zero-order valence-electron chi connectivity index (χ0n) is 12.2. The number of aromatic amines is 2. The molecule has 0 fully saturated rings. The first-order valence-electron chi connectivity index (χ1n) is 6.21. The summed E-state index contributed by atoms with van der Waals surface area (Å²) in [5, 5.41) is 10.4. The molecule has 0 atom stereocenters. The smallest absolute Gasteiger partial charge is 0.267 e. The summed E-state index contributed by atoms with van der Waals surface area (Å²) in [4.78, 5) is 21.3. The Morgan fingerprint density at radius 2 is 1.36 bits per heavy atom. The fourth-order valence-corrected chi connectivity index (χ4v) is 1.73. The highest BCUT2D eigenvalue weighted by Gasteiger charge is 2.34. The molecule has 2 N–H and O–H groups in total. The molecule has 2 heterocycles. The summed E-state index contributed by atoms with van der Waals surface area (Å²) < 4.78 is 72.2. The van der Waals surface area contributed by atoms with Crippen molar-refractivity contribution in [2.75, 3.05) is 0 Å². The summed E-state index contributed by atoms with van der Waals surface area (Å²) in [6.07, 6.45) is -9.24. The Balaban J connectivity index is 0.000000251. The fraction of sp³-hybridized carbons (Fsp3) is 0.333. The van der Waals surface area contributed by atoms with Gasteiger partial charge in [0.25, 0.3) is 11.1 Å². The van der Waals surface area contributed by atoms with Gasteiger partial charge in [0.05, 0.1) is 11.4 Å². The summed E-state index contributed by atoms with van der Waals surface area (Å²) in [5.74, 6) is 0. The molecule has 0 spiro atoms. The van der Waals surface area contributed by atoms with E-state index < -0.39 is 34.6 Å². The first-order valence-corrected chi connectivity index (χ1v) is 7.33. The monoisotopic (exact) mass is 434 g/mol. The van der Waals surface area contributed by atoms with E-state index in [2.05, 4.69) is 26.1 Å². The maximum Gasteiger partial charge on any atom is 0.421 e. The molecule has 2 rings (SSSR count). The average Bonchev–Trinajstić information content (AvgIpc) is 2.48. The Kier molecular flexibility index (Phi) is 6.51. The Labute approximate surface area is 143 Å². The van der Waals surface area contributed by atoms with Crippen molar-refractivity contribution in [2.24, 2.45) is 0 Å². The highest BCUT2D eigenvalue weighted by Crippen LogP contribution is 2.27. The van der Waals surface area contributed by atoms with Crippen LogP contribution in [0.3, 0.4) is 0 Å². The van der Waals surface area contributed by atoms with E-state index in [9.17, 15) is 35.9 Å². The summed E-state index contributed by atoms with van der Waals surface area (Å²) in [5.41, 5.74) is -4.62. The maximum atomic E-state index is 12.1. The van der Waals surface area contributed by atoms with E-state index in [0.717, 1.165) is 0 Å². The second-order valence-electron chi connectivity index (χ2n) is 4.48. The molecule has 0 aliphatic heterocycles. The molecular formula is C12H9BrF6N4O2. The Bertz CT molecular complexity index is 843. The average molecular weight is 435 g/mol. The third-order valence-electron chi connectivity index (χ3n) is 2.54. The number of rotatable bonds is 1. The number of hydrogen-bond donors (Lipinski definition) is 2. The van der Waals surface area contributed by atoms with Crippen LogP contribution in [-0.4, -0.2) is 20.4 Å². The van der Waals surface area contributed by atoms with E-state index in [1.165, 1.54) is 6.92 Å². The number of aromatic nitrogens is 4. The van der Waals surface area contributed by atoms with E-state index in [0.29, 0.717) is 12.1 Å². The minimum absolute atomic E-state index is 0.127. The number of halogens is 7. The van der Waals surface area contributed by atoms with Gasteiger partial charge in [-0.2, -0.15) is 36.5 Å². The van der Waals surface area contributed by atoms with Gasteiger partial charge < -0.3 is 0 Å². The minimum atomic E-state index is -4.63. The van der Waals surface area contributed by atoms with E-state index in [1.807, 2.05) is 0 Å². The summed E-state index contributed by atoms with van der Waals surface area (Å²) >= 11 is 2.93. The molecule has 0 saturated carbocycles. The van der Waals surface area contributed by atoms with Crippen molar-refractivity contribution in [1.82, 2.24) is 20.4 Å². The molecule has 0 aliphatic rings. The van der Waals surface area contributed by atoms with Crippen molar-refractivity contribution in [3.63, 3.8) is 0 Å². The van der Waals surface area contributed by atoms with E-state index in [1.54, 1.807) is 10.2 Å². The first kappa shape index (κ1) is 20.9. The van der Waals surface area contributed by atoms with E-state index >= 15 is 0 Å². The van der Waals surface area contributed by atoms with Crippen LogP contribution >= 0.6 is 15.9 Å². The van der Waals surface area contributed by atoms with Crippen LogP contribution < -0.4 is 11.1 Å². The molecule has 0 aromatic carbocycles. The van der Waals surface area contributed by atoms with Crippen molar-refractivity contribution in [2.45, 2.75) is 24.6 Å². The van der Waals surface area contributed by atoms with Crippen molar-refractivity contribution < 1.29 is 26.3 Å². The van der Waals surface area contributed by atoms with Crippen LogP contribution in [0, 0.1) is 6.92 Å². The van der Waals surface area contributed by atoms with Crippen LogP contribution in [-0.2, 0) is 17.7 Å². The molecule has 0 bridgehead atoms. The normalized spacial score (nSPS) is 11.7. The van der Waals surface area contributed by atoms with Crippen molar-refractivity contribution in [3.8, 4) is 0 Å². The third kappa shape index (κ3) is 5.99. The van der Waals surface area contributed by atoms with Crippen LogP contribution in [0.1, 0.15) is 22.5 Å². The number of H-pyrrole nitrogens is 2. The van der Waals surface area contributed by atoms with Gasteiger partial charge in [0.15, 0.2) is 0 Å². The fourth-order valence-electron chi connectivity index (χ4n) is 1.44. The molecule has 0 amide bonds. The van der Waals surface area contributed by atoms with Gasteiger partial charge in [-0.25, -0.2) is 10.2 Å². The van der Waals surface area contributed by atoms with Crippen LogP contribution in [0.2, 0.25) is 0 Å². The van der Waals surface area contributed by atoms with Gasteiger partial charge in [-0.1, -0.05) is 15.9 Å².